The molecule has 4 aromatic rings. The van der Waals surface area contributed by atoms with E-state index in [0.717, 1.165) is 16.9 Å². The Balaban J connectivity index is 1.90. The third-order valence-electron chi connectivity index (χ3n) is 5.22. The number of pyridine rings is 1. The Morgan fingerprint density at radius 2 is 1.59 bits per heavy atom. The first-order valence-corrected chi connectivity index (χ1v) is 10.1. The van der Waals surface area contributed by atoms with E-state index < -0.39 is 0 Å². The van der Waals surface area contributed by atoms with Crippen LogP contribution in [0.3, 0.4) is 0 Å². The maximum atomic E-state index is 13.5. The Morgan fingerprint density at radius 3 is 2.19 bits per heavy atom. The molecule has 0 aliphatic carbocycles. The zero-order valence-corrected chi connectivity index (χ0v) is 18.4. The lowest BCUT2D eigenvalue weighted by Gasteiger charge is -2.05. The summed E-state index contributed by atoms with van der Waals surface area (Å²) < 4.78 is 12.0. The number of benzene rings is 2. The highest BCUT2D eigenvalue weighted by molar-refractivity contribution is 6.04. The number of aryl methyl sites for hydroxylation is 1. The van der Waals surface area contributed by atoms with Gasteiger partial charge in [0.2, 0.25) is 0 Å². The van der Waals surface area contributed by atoms with Crippen LogP contribution in [0.4, 0.5) is 5.82 Å². The molecule has 0 amide bonds. The zero-order chi connectivity index (χ0) is 22.7. The number of rotatable bonds is 6. The van der Waals surface area contributed by atoms with E-state index in [2.05, 4.69) is 15.1 Å². The van der Waals surface area contributed by atoms with E-state index in [9.17, 15) is 4.79 Å². The SMILES string of the molecule is COc1ccc(-c2[nH]n(-c3ccc(OC)cc3)c(=O)c2C(C)=Nc2ncccc2C)cc1. The van der Waals surface area contributed by atoms with Gasteiger partial charge in [-0.05, 0) is 74.0 Å². The lowest BCUT2D eigenvalue weighted by molar-refractivity contribution is 0.414. The van der Waals surface area contributed by atoms with E-state index in [-0.39, 0.29) is 5.56 Å². The summed E-state index contributed by atoms with van der Waals surface area (Å²) in [7, 11) is 3.23. The van der Waals surface area contributed by atoms with Crippen molar-refractivity contribution in [2.75, 3.05) is 14.2 Å². The van der Waals surface area contributed by atoms with Gasteiger partial charge in [-0.25, -0.2) is 14.7 Å². The second-order valence-corrected chi connectivity index (χ2v) is 7.27. The number of aromatic amines is 1. The van der Waals surface area contributed by atoms with Crippen LogP contribution in [0, 0.1) is 6.92 Å². The minimum Gasteiger partial charge on any atom is -0.497 e. The number of aromatic nitrogens is 3. The van der Waals surface area contributed by atoms with Crippen LogP contribution in [0.1, 0.15) is 18.1 Å². The molecule has 2 aromatic carbocycles. The van der Waals surface area contributed by atoms with Crippen molar-refractivity contribution in [2.45, 2.75) is 13.8 Å². The van der Waals surface area contributed by atoms with Gasteiger partial charge in [-0.1, -0.05) is 6.07 Å². The summed E-state index contributed by atoms with van der Waals surface area (Å²) >= 11 is 0. The summed E-state index contributed by atoms with van der Waals surface area (Å²) in [6.07, 6.45) is 1.69. The average Bonchev–Trinajstić information content (AvgIpc) is 3.17. The average molecular weight is 428 g/mol. The van der Waals surface area contributed by atoms with Gasteiger partial charge in [-0.3, -0.25) is 9.89 Å². The molecule has 0 saturated heterocycles. The smallest absolute Gasteiger partial charge is 0.280 e. The number of hydrogen-bond acceptors (Lipinski definition) is 5. The number of aliphatic imine (C=N–C) groups is 1. The molecular weight excluding hydrogens is 404 g/mol. The van der Waals surface area contributed by atoms with Gasteiger partial charge in [0, 0.05) is 11.8 Å². The van der Waals surface area contributed by atoms with Gasteiger partial charge in [-0.2, -0.15) is 0 Å². The first-order chi connectivity index (χ1) is 15.5. The van der Waals surface area contributed by atoms with Crippen molar-refractivity contribution in [1.29, 1.82) is 0 Å². The molecular formula is C25H24N4O3. The fourth-order valence-electron chi connectivity index (χ4n) is 3.46. The number of H-pyrrole nitrogens is 1. The van der Waals surface area contributed by atoms with E-state index in [1.807, 2.05) is 74.5 Å². The van der Waals surface area contributed by atoms with Crippen molar-refractivity contribution in [3.8, 4) is 28.4 Å². The molecule has 32 heavy (non-hydrogen) atoms. The third-order valence-corrected chi connectivity index (χ3v) is 5.22. The fourth-order valence-corrected chi connectivity index (χ4v) is 3.46. The molecule has 0 radical (unpaired) electrons. The molecule has 0 bridgehead atoms. The Hall–Kier alpha value is -4.13. The van der Waals surface area contributed by atoms with Crippen molar-refractivity contribution in [1.82, 2.24) is 14.8 Å². The van der Waals surface area contributed by atoms with Gasteiger partial charge < -0.3 is 9.47 Å². The number of methoxy groups -OCH3 is 2. The highest BCUT2D eigenvalue weighted by atomic mass is 16.5. The largest absolute Gasteiger partial charge is 0.497 e. The summed E-state index contributed by atoms with van der Waals surface area (Å²) in [5, 5.41) is 3.26. The Kier molecular flexibility index (Phi) is 5.89. The van der Waals surface area contributed by atoms with Crippen LogP contribution in [0.25, 0.3) is 16.9 Å². The molecule has 7 nitrogen and oxygen atoms in total. The molecule has 0 atom stereocenters. The summed E-state index contributed by atoms with van der Waals surface area (Å²) in [6.45, 7) is 3.76. The van der Waals surface area contributed by atoms with Crippen LogP contribution in [0.2, 0.25) is 0 Å². The van der Waals surface area contributed by atoms with E-state index in [1.165, 1.54) is 4.68 Å². The summed E-state index contributed by atoms with van der Waals surface area (Å²) in [5.41, 5.74) is 4.00. The van der Waals surface area contributed by atoms with Crippen molar-refractivity contribution in [3.63, 3.8) is 0 Å². The highest BCUT2D eigenvalue weighted by Gasteiger charge is 2.20. The predicted octanol–water partition coefficient (Wildman–Crippen LogP) is 4.69. The van der Waals surface area contributed by atoms with Gasteiger partial charge in [0.05, 0.1) is 36.9 Å². The van der Waals surface area contributed by atoms with Crippen molar-refractivity contribution >= 4 is 11.5 Å². The number of nitrogens with zero attached hydrogens (tertiary/aromatic N) is 3. The second-order valence-electron chi connectivity index (χ2n) is 7.27. The molecule has 0 spiro atoms. The van der Waals surface area contributed by atoms with Gasteiger partial charge in [0.15, 0.2) is 5.82 Å². The molecule has 0 fully saturated rings. The van der Waals surface area contributed by atoms with Crippen molar-refractivity contribution in [2.24, 2.45) is 4.99 Å². The number of hydrogen-bond donors (Lipinski definition) is 1. The van der Waals surface area contributed by atoms with Crippen LogP contribution in [-0.2, 0) is 0 Å². The maximum Gasteiger partial charge on any atom is 0.280 e. The first-order valence-electron chi connectivity index (χ1n) is 10.1. The van der Waals surface area contributed by atoms with E-state index >= 15 is 0 Å². The standard InChI is InChI=1S/C25H24N4O3/c1-16-6-5-15-26-24(16)27-17(2)22-23(18-7-11-20(31-3)12-8-18)28-29(25(22)30)19-9-13-21(32-4)14-10-19/h5-15,28H,1-4H3. The summed E-state index contributed by atoms with van der Waals surface area (Å²) in [5.74, 6) is 2.04. The molecule has 7 heteroatoms. The fraction of sp³-hybridized carbons (Fsp3) is 0.160. The van der Waals surface area contributed by atoms with Crippen LogP contribution < -0.4 is 15.0 Å². The molecule has 0 aliphatic heterocycles. The Bertz CT molecular complexity index is 1320. The molecule has 0 saturated carbocycles. The minimum atomic E-state index is -0.198. The van der Waals surface area contributed by atoms with Gasteiger partial charge in [0.1, 0.15) is 11.5 Å². The van der Waals surface area contributed by atoms with Crippen molar-refractivity contribution < 1.29 is 9.47 Å². The first kappa shape index (κ1) is 21.1. The van der Waals surface area contributed by atoms with Gasteiger partial charge in [0.25, 0.3) is 5.56 Å². The Morgan fingerprint density at radius 1 is 0.969 bits per heavy atom. The monoisotopic (exact) mass is 428 g/mol. The molecule has 162 valence electrons. The van der Waals surface area contributed by atoms with Crippen LogP contribution in [0.15, 0.2) is 76.6 Å². The molecule has 4 rings (SSSR count). The summed E-state index contributed by atoms with van der Waals surface area (Å²) in [6, 6.07) is 18.6. The maximum absolute atomic E-state index is 13.5. The van der Waals surface area contributed by atoms with Crippen LogP contribution in [-0.4, -0.2) is 34.7 Å². The number of ether oxygens (including phenoxy) is 2. The third kappa shape index (κ3) is 4.05. The highest BCUT2D eigenvalue weighted by Crippen LogP contribution is 2.26. The molecule has 0 aliphatic rings. The Labute approximate surface area is 186 Å². The second kappa shape index (κ2) is 8.93. The molecule has 1 N–H and O–H groups in total. The lowest BCUT2D eigenvalue weighted by atomic mass is 10.0. The van der Waals surface area contributed by atoms with Crippen LogP contribution >= 0.6 is 0 Å². The quantitative estimate of drug-likeness (QED) is 0.452. The topological polar surface area (TPSA) is 81.5 Å². The minimum absolute atomic E-state index is 0.198. The van der Waals surface area contributed by atoms with Crippen LogP contribution in [0.5, 0.6) is 11.5 Å². The predicted molar refractivity (Wildman–Crippen MR) is 126 cm³/mol. The molecule has 2 aromatic heterocycles. The van der Waals surface area contributed by atoms with Crippen molar-refractivity contribution in [3.05, 3.63) is 88.3 Å². The van der Waals surface area contributed by atoms with E-state index in [0.29, 0.717) is 34.2 Å². The van der Waals surface area contributed by atoms with E-state index in [1.54, 1.807) is 20.4 Å². The molecule has 2 heterocycles. The normalized spacial score (nSPS) is 11.4. The van der Waals surface area contributed by atoms with Gasteiger partial charge in [-0.15, -0.1) is 0 Å². The zero-order valence-electron chi connectivity index (χ0n) is 18.4. The number of nitrogens with one attached hydrogen (secondary N) is 1. The van der Waals surface area contributed by atoms with Gasteiger partial charge >= 0.3 is 0 Å². The molecule has 0 unspecified atom stereocenters. The summed E-state index contributed by atoms with van der Waals surface area (Å²) in [4.78, 5) is 22.5. The van der Waals surface area contributed by atoms with E-state index in [4.69, 9.17) is 9.47 Å². The lowest BCUT2D eigenvalue weighted by Crippen LogP contribution is -2.19.